The number of hydrogen-bond acceptors (Lipinski definition) is 3. The van der Waals surface area contributed by atoms with Crippen molar-refractivity contribution in [2.24, 2.45) is 0 Å². The summed E-state index contributed by atoms with van der Waals surface area (Å²) in [5.41, 5.74) is 0. The Morgan fingerprint density at radius 1 is 1.45 bits per heavy atom. The van der Waals surface area contributed by atoms with E-state index in [1.54, 1.807) is 6.08 Å². The first kappa shape index (κ1) is 13.6. The molecule has 0 radical (unpaired) electrons. The Kier molecular flexibility index (Phi) is 8.23. The normalized spacial score (nSPS) is 14.3. The van der Waals surface area contributed by atoms with Gasteiger partial charge in [-0.05, 0) is 0 Å². The van der Waals surface area contributed by atoms with Crippen molar-refractivity contribution in [1.82, 2.24) is 6.15 Å². The van der Waals surface area contributed by atoms with Gasteiger partial charge in [-0.2, -0.15) is 0 Å². The van der Waals surface area contributed by atoms with E-state index in [2.05, 4.69) is 13.2 Å². The standard InChI is InChI=1S/C6H11O2PS.H3N/c1-3-5-9(7,8)10-6-4-2;/h3-4H,1-2,5-6H2,(H,7,8);1H3. The molecule has 0 saturated carbocycles. The SMILES string of the molecule is C=CCSP(=O)(O)CC=C.N. The van der Waals surface area contributed by atoms with Gasteiger partial charge in [-0.25, -0.2) is 0 Å². The summed E-state index contributed by atoms with van der Waals surface area (Å²) in [5.74, 6) is 0.515. The molecular weight excluding hydrogens is 181 g/mol. The molecule has 0 aromatic rings. The van der Waals surface area contributed by atoms with Crippen molar-refractivity contribution in [2.75, 3.05) is 11.9 Å². The molecule has 11 heavy (non-hydrogen) atoms. The van der Waals surface area contributed by atoms with Gasteiger partial charge in [-0.1, -0.05) is 23.5 Å². The van der Waals surface area contributed by atoms with E-state index in [0.717, 1.165) is 11.4 Å². The molecular formula is C6H14NO2PS. The molecule has 0 aliphatic rings. The van der Waals surface area contributed by atoms with Gasteiger partial charge in [0, 0.05) is 5.75 Å². The highest BCUT2D eigenvalue weighted by Crippen LogP contribution is 2.54. The maximum Gasteiger partial charge on any atom is 0.259 e. The van der Waals surface area contributed by atoms with Crippen molar-refractivity contribution in [3.63, 3.8) is 0 Å². The molecule has 66 valence electrons. The van der Waals surface area contributed by atoms with Gasteiger partial charge in [0.05, 0.1) is 6.16 Å². The minimum Gasteiger partial charge on any atom is -0.344 e. The fourth-order valence-electron chi connectivity index (χ4n) is 0.385. The summed E-state index contributed by atoms with van der Waals surface area (Å²) in [6, 6.07) is 0. The Balaban J connectivity index is 0. The minimum absolute atomic E-state index is 0. The smallest absolute Gasteiger partial charge is 0.259 e. The zero-order valence-electron chi connectivity index (χ0n) is 6.40. The zero-order chi connectivity index (χ0) is 8.04. The second kappa shape index (κ2) is 6.68. The fourth-order valence-corrected chi connectivity index (χ4v) is 2.80. The lowest BCUT2D eigenvalue weighted by Gasteiger charge is -2.04. The summed E-state index contributed by atoms with van der Waals surface area (Å²) in [6.45, 7) is 3.85. The van der Waals surface area contributed by atoms with Gasteiger partial charge in [0.2, 0.25) is 0 Å². The monoisotopic (exact) mass is 195 g/mol. The van der Waals surface area contributed by atoms with Gasteiger partial charge in [0.15, 0.2) is 0 Å². The molecule has 0 aromatic heterocycles. The molecule has 0 rings (SSSR count). The van der Waals surface area contributed by atoms with Crippen molar-refractivity contribution < 1.29 is 9.46 Å². The Hall–Kier alpha value is -0.0200. The molecule has 1 atom stereocenters. The van der Waals surface area contributed by atoms with Crippen LogP contribution in [0.1, 0.15) is 0 Å². The lowest BCUT2D eigenvalue weighted by molar-refractivity contribution is 0.500. The van der Waals surface area contributed by atoms with Crippen LogP contribution in [0.2, 0.25) is 0 Å². The minimum atomic E-state index is -2.98. The molecule has 3 nitrogen and oxygen atoms in total. The summed E-state index contributed by atoms with van der Waals surface area (Å²) >= 11 is 1.03. The zero-order valence-corrected chi connectivity index (χ0v) is 8.11. The molecule has 0 aliphatic carbocycles. The molecule has 0 saturated heterocycles. The topological polar surface area (TPSA) is 72.3 Å². The maximum absolute atomic E-state index is 11.0. The maximum atomic E-state index is 11.0. The number of allylic oxidation sites excluding steroid dienone is 1. The van der Waals surface area contributed by atoms with Crippen LogP contribution in [0.15, 0.2) is 25.3 Å². The number of rotatable bonds is 5. The van der Waals surface area contributed by atoms with E-state index in [-0.39, 0.29) is 12.3 Å². The molecule has 0 heterocycles. The Morgan fingerprint density at radius 2 is 2.00 bits per heavy atom. The molecule has 4 N–H and O–H groups in total. The van der Waals surface area contributed by atoms with E-state index in [9.17, 15) is 4.57 Å². The van der Waals surface area contributed by atoms with Crippen LogP contribution in [0.3, 0.4) is 0 Å². The first-order valence-corrected chi connectivity index (χ1v) is 6.24. The third-order valence-electron chi connectivity index (χ3n) is 0.754. The molecule has 0 amide bonds. The lowest BCUT2D eigenvalue weighted by Crippen LogP contribution is -1.79. The second-order valence-electron chi connectivity index (χ2n) is 1.69. The molecule has 0 aliphatic heterocycles. The van der Waals surface area contributed by atoms with Crippen molar-refractivity contribution in [3.05, 3.63) is 25.3 Å². The van der Waals surface area contributed by atoms with Gasteiger partial charge < -0.3 is 11.0 Å². The predicted octanol–water partition coefficient (Wildman–Crippen LogP) is 2.44. The summed E-state index contributed by atoms with van der Waals surface area (Å²) in [5, 5.41) is 0. The Morgan fingerprint density at radius 3 is 2.36 bits per heavy atom. The van der Waals surface area contributed by atoms with Gasteiger partial charge in [-0.3, -0.25) is 4.57 Å². The fraction of sp³-hybridized carbons (Fsp3) is 0.333. The molecule has 1 unspecified atom stereocenters. The largest absolute Gasteiger partial charge is 0.344 e. The average molecular weight is 195 g/mol. The summed E-state index contributed by atoms with van der Waals surface area (Å²) in [6.07, 6.45) is 3.24. The Bertz CT molecular complexity index is 172. The summed E-state index contributed by atoms with van der Waals surface area (Å²) in [4.78, 5) is 9.05. The first-order valence-electron chi connectivity index (χ1n) is 2.80. The van der Waals surface area contributed by atoms with Crippen molar-refractivity contribution in [1.29, 1.82) is 0 Å². The van der Waals surface area contributed by atoms with Crippen LogP contribution in [0, 0.1) is 0 Å². The third-order valence-corrected chi connectivity index (χ3v) is 4.37. The van der Waals surface area contributed by atoms with Gasteiger partial charge in [0.1, 0.15) is 0 Å². The summed E-state index contributed by atoms with van der Waals surface area (Å²) < 4.78 is 11.0. The average Bonchev–Trinajstić information content (AvgIpc) is 1.84. The quantitative estimate of drug-likeness (QED) is 0.522. The third kappa shape index (κ3) is 7.88. The van der Waals surface area contributed by atoms with Gasteiger partial charge in [-0.15, -0.1) is 13.2 Å². The van der Waals surface area contributed by atoms with Crippen LogP contribution >= 0.6 is 18.0 Å². The lowest BCUT2D eigenvalue weighted by atomic mass is 10.8. The van der Waals surface area contributed by atoms with E-state index >= 15 is 0 Å². The van der Waals surface area contributed by atoms with Gasteiger partial charge in [0.25, 0.3) is 6.57 Å². The molecule has 5 heteroatoms. The van der Waals surface area contributed by atoms with Crippen molar-refractivity contribution >= 4 is 18.0 Å². The van der Waals surface area contributed by atoms with Crippen LogP contribution in [0.4, 0.5) is 0 Å². The highest BCUT2D eigenvalue weighted by Gasteiger charge is 2.14. The molecule has 0 aromatic carbocycles. The molecule has 0 spiro atoms. The Labute approximate surface area is 71.4 Å². The second-order valence-corrected chi connectivity index (χ2v) is 6.41. The van der Waals surface area contributed by atoms with Crippen LogP contribution in [0.25, 0.3) is 0 Å². The van der Waals surface area contributed by atoms with Crippen LogP contribution in [-0.2, 0) is 4.57 Å². The van der Waals surface area contributed by atoms with Crippen LogP contribution < -0.4 is 6.15 Å². The van der Waals surface area contributed by atoms with E-state index < -0.39 is 6.57 Å². The van der Waals surface area contributed by atoms with E-state index in [1.165, 1.54) is 6.08 Å². The highest BCUT2D eigenvalue weighted by molar-refractivity contribution is 8.56. The van der Waals surface area contributed by atoms with E-state index in [1.807, 2.05) is 0 Å². The van der Waals surface area contributed by atoms with Crippen molar-refractivity contribution in [2.45, 2.75) is 0 Å². The van der Waals surface area contributed by atoms with E-state index in [0.29, 0.717) is 5.75 Å². The van der Waals surface area contributed by atoms with Crippen LogP contribution in [0.5, 0.6) is 0 Å². The highest BCUT2D eigenvalue weighted by atomic mass is 32.7. The predicted molar refractivity (Wildman–Crippen MR) is 52.6 cm³/mol. The summed E-state index contributed by atoms with van der Waals surface area (Å²) in [7, 11) is 0. The molecule has 0 fully saturated rings. The van der Waals surface area contributed by atoms with Crippen molar-refractivity contribution in [3.8, 4) is 0 Å². The number of hydrogen-bond donors (Lipinski definition) is 2. The van der Waals surface area contributed by atoms with Gasteiger partial charge >= 0.3 is 0 Å². The first-order chi connectivity index (χ1) is 4.62. The molecule has 0 bridgehead atoms. The van der Waals surface area contributed by atoms with E-state index in [4.69, 9.17) is 4.89 Å². The van der Waals surface area contributed by atoms with Crippen LogP contribution in [-0.4, -0.2) is 16.8 Å².